The summed E-state index contributed by atoms with van der Waals surface area (Å²) in [6.45, 7) is 4.25. The lowest BCUT2D eigenvalue weighted by Crippen LogP contribution is -2.41. The lowest BCUT2D eigenvalue weighted by Gasteiger charge is -2.27. The quantitative estimate of drug-likeness (QED) is 0.918. The molecule has 0 radical (unpaired) electrons. The van der Waals surface area contributed by atoms with E-state index >= 15 is 0 Å². The molecule has 1 unspecified atom stereocenters. The Morgan fingerprint density at radius 2 is 2.18 bits per heavy atom. The smallest absolute Gasteiger partial charge is 0.207 e. The van der Waals surface area contributed by atoms with E-state index in [1.165, 1.54) is 11.3 Å². The monoisotopic (exact) mass is 337 g/mol. The first-order chi connectivity index (χ1) is 7.81. The molecule has 2 rings (SSSR count). The van der Waals surface area contributed by atoms with Crippen LogP contribution in [0.3, 0.4) is 0 Å². The summed E-state index contributed by atoms with van der Waals surface area (Å²) in [5, 5.41) is 0. The second kappa shape index (κ2) is 4.64. The first kappa shape index (κ1) is 13.5. The highest BCUT2D eigenvalue weighted by Gasteiger charge is 2.37. The van der Waals surface area contributed by atoms with Crippen molar-refractivity contribution in [2.45, 2.75) is 43.4 Å². The molecule has 6 heteroatoms. The zero-order chi connectivity index (χ0) is 12.7. The Morgan fingerprint density at radius 3 is 2.65 bits per heavy atom. The van der Waals surface area contributed by atoms with Gasteiger partial charge in [-0.15, -0.1) is 11.3 Å². The summed E-state index contributed by atoms with van der Waals surface area (Å²) in [5.74, 6) is 0. The Hall–Kier alpha value is 0.0900. The van der Waals surface area contributed by atoms with Gasteiger partial charge < -0.3 is 0 Å². The number of nitrogens with one attached hydrogen (secondary N) is 1. The second-order valence-electron chi connectivity index (χ2n) is 5.11. The maximum atomic E-state index is 12.2. The average Bonchev–Trinajstić information content (AvgIpc) is 2.74. The Morgan fingerprint density at radius 1 is 1.47 bits per heavy atom. The van der Waals surface area contributed by atoms with Crippen LogP contribution in [0.4, 0.5) is 0 Å². The van der Waals surface area contributed by atoms with Crippen LogP contribution >= 0.6 is 27.3 Å². The molecule has 3 nitrogen and oxygen atoms in total. The third kappa shape index (κ3) is 2.92. The minimum absolute atomic E-state index is 0.0494. The summed E-state index contributed by atoms with van der Waals surface area (Å²) < 4.78 is 28.4. The summed E-state index contributed by atoms with van der Waals surface area (Å²) in [4.78, 5) is 0. The van der Waals surface area contributed by atoms with E-state index in [0.29, 0.717) is 4.21 Å². The molecule has 1 aliphatic carbocycles. The maximum absolute atomic E-state index is 12.2. The summed E-state index contributed by atoms with van der Waals surface area (Å²) in [6.07, 6.45) is 3.10. The molecule has 0 aromatic carbocycles. The molecule has 0 bridgehead atoms. The highest BCUT2D eigenvalue weighted by Crippen LogP contribution is 2.38. The van der Waals surface area contributed by atoms with Gasteiger partial charge in [-0.25, -0.2) is 13.1 Å². The predicted molar refractivity (Wildman–Crippen MR) is 73.8 cm³/mol. The van der Waals surface area contributed by atoms with Gasteiger partial charge in [0, 0.05) is 6.04 Å². The van der Waals surface area contributed by atoms with E-state index in [4.69, 9.17) is 0 Å². The van der Waals surface area contributed by atoms with Crippen LogP contribution in [-0.2, 0) is 10.0 Å². The fourth-order valence-corrected chi connectivity index (χ4v) is 5.70. The van der Waals surface area contributed by atoms with Crippen LogP contribution in [0.1, 0.15) is 33.1 Å². The van der Waals surface area contributed by atoms with Gasteiger partial charge in [-0.2, -0.15) is 0 Å². The van der Waals surface area contributed by atoms with Gasteiger partial charge in [0.1, 0.15) is 4.21 Å². The molecule has 1 N–H and O–H groups in total. The van der Waals surface area contributed by atoms with Crippen molar-refractivity contribution in [2.24, 2.45) is 5.41 Å². The third-order valence-electron chi connectivity index (χ3n) is 3.37. The zero-order valence-electron chi connectivity index (χ0n) is 9.86. The number of hydrogen-bond acceptors (Lipinski definition) is 3. The average molecular weight is 338 g/mol. The highest BCUT2D eigenvalue weighted by molar-refractivity contribution is 9.11. The van der Waals surface area contributed by atoms with Crippen molar-refractivity contribution in [2.75, 3.05) is 0 Å². The fraction of sp³-hybridized carbons (Fsp3) is 0.636. The predicted octanol–water partition coefficient (Wildman–Crippen LogP) is 3.37. The van der Waals surface area contributed by atoms with Crippen molar-refractivity contribution in [1.82, 2.24) is 4.72 Å². The van der Waals surface area contributed by atoms with E-state index in [0.717, 1.165) is 23.0 Å². The minimum atomic E-state index is -3.36. The lowest BCUT2D eigenvalue weighted by molar-refractivity contribution is 0.313. The molecule has 1 heterocycles. The van der Waals surface area contributed by atoms with Gasteiger partial charge in [-0.3, -0.25) is 0 Å². The van der Waals surface area contributed by atoms with E-state index in [1.807, 2.05) is 0 Å². The third-order valence-corrected chi connectivity index (χ3v) is 6.96. The van der Waals surface area contributed by atoms with E-state index in [-0.39, 0.29) is 11.5 Å². The van der Waals surface area contributed by atoms with Gasteiger partial charge in [0.25, 0.3) is 0 Å². The number of thiophene rings is 1. The fourth-order valence-electron chi connectivity index (χ4n) is 2.23. The summed E-state index contributed by atoms with van der Waals surface area (Å²) in [5.41, 5.74) is 0.0571. The standard InChI is InChI=1S/C11H16BrNO2S2/c1-11(2)7-3-4-8(11)13-17(14,15)10-6-5-9(12)16-10/h5-6,8,13H,3-4,7H2,1-2H3. The molecule has 1 aromatic heterocycles. The zero-order valence-corrected chi connectivity index (χ0v) is 13.1. The second-order valence-corrected chi connectivity index (χ2v) is 9.52. The van der Waals surface area contributed by atoms with Crippen molar-refractivity contribution in [3.63, 3.8) is 0 Å². The molecule has 0 spiro atoms. The van der Waals surface area contributed by atoms with Gasteiger partial charge in [0.05, 0.1) is 3.79 Å². The topological polar surface area (TPSA) is 46.2 Å². The number of rotatable bonds is 3. The van der Waals surface area contributed by atoms with Crippen LogP contribution < -0.4 is 4.72 Å². The van der Waals surface area contributed by atoms with Crippen molar-refractivity contribution in [3.8, 4) is 0 Å². The highest BCUT2D eigenvalue weighted by atomic mass is 79.9. The molecule has 1 saturated carbocycles. The first-order valence-electron chi connectivity index (χ1n) is 5.59. The van der Waals surface area contributed by atoms with Crippen LogP contribution in [-0.4, -0.2) is 14.5 Å². The summed E-state index contributed by atoms with van der Waals surface area (Å²) in [6, 6.07) is 3.45. The van der Waals surface area contributed by atoms with Gasteiger partial charge in [-0.1, -0.05) is 20.3 Å². The van der Waals surface area contributed by atoms with Crippen molar-refractivity contribution in [3.05, 3.63) is 15.9 Å². The first-order valence-corrected chi connectivity index (χ1v) is 8.68. The van der Waals surface area contributed by atoms with Crippen molar-refractivity contribution >= 4 is 37.3 Å². The largest absolute Gasteiger partial charge is 0.250 e. The number of hydrogen-bond donors (Lipinski definition) is 1. The molecular formula is C11H16BrNO2S2. The molecule has 1 aromatic rings. The van der Waals surface area contributed by atoms with Crippen LogP contribution in [0, 0.1) is 5.41 Å². The molecule has 17 heavy (non-hydrogen) atoms. The Labute approximate surface area is 115 Å². The van der Waals surface area contributed by atoms with Gasteiger partial charge >= 0.3 is 0 Å². The Kier molecular flexibility index (Phi) is 3.69. The molecule has 96 valence electrons. The molecule has 0 saturated heterocycles. The normalized spacial score (nSPS) is 24.1. The summed E-state index contributed by atoms with van der Waals surface area (Å²) >= 11 is 4.53. The maximum Gasteiger partial charge on any atom is 0.250 e. The molecule has 0 amide bonds. The molecular weight excluding hydrogens is 322 g/mol. The molecule has 0 aliphatic heterocycles. The van der Waals surface area contributed by atoms with Crippen LogP contribution in [0.5, 0.6) is 0 Å². The van der Waals surface area contributed by atoms with Gasteiger partial charge in [-0.05, 0) is 46.3 Å². The molecule has 1 aliphatic rings. The van der Waals surface area contributed by atoms with E-state index in [1.54, 1.807) is 12.1 Å². The van der Waals surface area contributed by atoms with E-state index in [9.17, 15) is 8.42 Å². The van der Waals surface area contributed by atoms with Gasteiger partial charge in [0.2, 0.25) is 10.0 Å². The Balaban J connectivity index is 2.18. The van der Waals surface area contributed by atoms with Crippen molar-refractivity contribution in [1.29, 1.82) is 0 Å². The van der Waals surface area contributed by atoms with Crippen LogP contribution in [0.25, 0.3) is 0 Å². The molecule has 1 atom stereocenters. The number of sulfonamides is 1. The van der Waals surface area contributed by atoms with Crippen molar-refractivity contribution < 1.29 is 8.42 Å². The summed E-state index contributed by atoms with van der Waals surface area (Å²) in [7, 11) is -3.36. The number of halogens is 1. The lowest BCUT2D eigenvalue weighted by atomic mass is 9.88. The van der Waals surface area contributed by atoms with Crippen LogP contribution in [0.15, 0.2) is 20.1 Å². The SMILES string of the molecule is CC1(C)CCCC1NS(=O)(=O)c1ccc(Br)s1. The molecule has 1 fully saturated rings. The van der Waals surface area contributed by atoms with Gasteiger partial charge in [0.15, 0.2) is 0 Å². The van der Waals surface area contributed by atoms with E-state index in [2.05, 4.69) is 34.5 Å². The minimum Gasteiger partial charge on any atom is -0.207 e. The Bertz CT molecular complexity index is 507. The van der Waals surface area contributed by atoms with Crippen LogP contribution in [0.2, 0.25) is 0 Å². The van der Waals surface area contributed by atoms with E-state index < -0.39 is 10.0 Å².